The zero-order valence-electron chi connectivity index (χ0n) is 31.8. The van der Waals surface area contributed by atoms with Crippen molar-refractivity contribution in [3.8, 4) is 0 Å². The van der Waals surface area contributed by atoms with E-state index in [0.29, 0.717) is 38.8 Å². The lowest BCUT2D eigenvalue weighted by atomic mass is 9.91. The Labute approximate surface area is 286 Å². The molecule has 0 aromatic carbocycles. The zero-order chi connectivity index (χ0) is 36.9. The van der Waals surface area contributed by atoms with Crippen LogP contribution in [0.3, 0.4) is 0 Å². The van der Waals surface area contributed by atoms with E-state index in [0.717, 1.165) is 37.4 Å². The van der Waals surface area contributed by atoms with Crippen molar-refractivity contribution in [2.45, 2.75) is 134 Å². The van der Waals surface area contributed by atoms with Crippen LogP contribution in [-0.2, 0) is 37.2 Å². The van der Waals surface area contributed by atoms with E-state index >= 15 is 0 Å². The van der Waals surface area contributed by atoms with Crippen molar-refractivity contribution in [3.63, 3.8) is 0 Å². The third-order valence-corrected chi connectivity index (χ3v) is 10.2. The number of nitrogens with one attached hydrogen (secondary N) is 3. The predicted octanol–water partition coefficient (Wildman–Crippen LogP) is 5.99. The monoisotopic (exact) mass is 692 g/mol. The molecule has 278 valence electrons. The maximum Gasteiger partial charge on any atom is 0.500 e. The molecule has 2 atom stereocenters. The Bertz CT molecular complexity index is 871. The van der Waals surface area contributed by atoms with Gasteiger partial charge in [-0.3, -0.25) is 19.2 Å². The van der Waals surface area contributed by atoms with Gasteiger partial charge in [-0.1, -0.05) is 39.8 Å². The van der Waals surface area contributed by atoms with Crippen LogP contribution in [-0.4, -0.2) is 84.0 Å². The molecule has 0 aromatic rings. The van der Waals surface area contributed by atoms with Crippen LogP contribution in [0.15, 0.2) is 5.16 Å². The van der Waals surface area contributed by atoms with E-state index < -0.39 is 20.3 Å². The number of rotatable bonds is 21. The molecule has 0 radical (unpaired) electrons. The van der Waals surface area contributed by atoms with E-state index in [4.69, 9.17) is 18.0 Å². The fourth-order valence-corrected chi connectivity index (χ4v) is 5.79. The van der Waals surface area contributed by atoms with Gasteiger partial charge in [0.25, 0.3) is 0 Å². The molecule has 0 saturated heterocycles. The maximum absolute atomic E-state index is 11.7. The van der Waals surface area contributed by atoms with Gasteiger partial charge in [0.1, 0.15) is 6.61 Å². The van der Waals surface area contributed by atoms with Crippen molar-refractivity contribution in [2.24, 2.45) is 16.5 Å². The van der Waals surface area contributed by atoms with Crippen LogP contribution in [0.25, 0.3) is 0 Å². The average Bonchev–Trinajstić information content (AvgIpc) is 3.03. The minimum Gasteiger partial charge on any atom is -0.463 e. The SMILES string of the molecule is CC/C(C)=N/OC(=O)NCCOC(=O)C(C)(C)CC.CCC(C)NC(C)=O.CCO[Si](CCCNC(=O)C(C)CC)(OCC)OCC. The summed E-state index contributed by atoms with van der Waals surface area (Å²) in [5.74, 6) is -0.0314. The molecular formula is C33H68N4O9Si. The van der Waals surface area contributed by atoms with Crippen LogP contribution in [0, 0.1) is 11.3 Å². The molecule has 3 amide bonds. The lowest BCUT2D eigenvalue weighted by Gasteiger charge is -2.28. The molecule has 13 nitrogen and oxygen atoms in total. The van der Waals surface area contributed by atoms with Gasteiger partial charge >= 0.3 is 20.9 Å². The standard InChI is InChI=1S/C14H31NO4Si.C13H24N2O4.C6H13NO/c1-6-13(5)14(16)15-11-10-12-20(17-7-2,18-8-3)19-9-4;1-6-10(3)15-19-12(17)14-8-9-18-11(16)13(4,5)7-2;1-4-5(2)7-6(3)8/h13H,6-12H2,1-5H3,(H,15,16);6-9H2,1-5H3,(H,14,17);5H,4H2,1-3H3,(H,7,8)/b;15-10+;. The molecule has 0 aromatic heterocycles. The fourth-order valence-electron chi connectivity index (χ4n) is 3.18. The number of ether oxygens (including phenoxy) is 1. The third-order valence-electron chi connectivity index (χ3n) is 7.01. The first-order valence-corrected chi connectivity index (χ1v) is 19.1. The van der Waals surface area contributed by atoms with Crippen molar-refractivity contribution >= 4 is 38.4 Å². The van der Waals surface area contributed by atoms with Gasteiger partial charge in [0.05, 0.1) is 17.7 Å². The maximum atomic E-state index is 11.7. The fraction of sp³-hybridized carbons (Fsp3) is 0.848. The lowest BCUT2D eigenvalue weighted by molar-refractivity contribution is -0.153. The third kappa shape index (κ3) is 27.1. The molecule has 0 aliphatic heterocycles. The normalized spacial score (nSPS) is 12.7. The molecular weight excluding hydrogens is 624 g/mol. The number of oxime groups is 1. The Morgan fingerprint density at radius 3 is 1.77 bits per heavy atom. The molecule has 2 unspecified atom stereocenters. The highest BCUT2D eigenvalue weighted by atomic mass is 28.4. The second kappa shape index (κ2) is 29.6. The Kier molecular flexibility index (Phi) is 30.7. The van der Waals surface area contributed by atoms with E-state index in [1.54, 1.807) is 6.92 Å². The molecule has 0 saturated carbocycles. The molecule has 0 fully saturated rings. The average molecular weight is 693 g/mol. The summed E-state index contributed by atoms with van der Waals surface area (Å²) in [4.78, 5) is 49.4. The lowest BCUT2D eigenvalue weighted by Crippen LogP contribution is -2.46. The topological polar surface area (TPSA) is 163 Å². The number of carbonyl (C=O) groups excluding carboxylic acids is 4. The van der Waals surface area contributed by atoms with Gasteiger partial charge in [-0.05, 0) is 80.6 Å². The molecule has 0 aliphatic carbocycles. The Balaban J connectivity index is -0.000000671. The summed E-state index contributed by atoms with van der Waals surface area (Å²) >= 11 is 0. The smallest absolute Gasteiger partial charge is 0.463 e. The Morgan fingerprint density at radius 2 is 1.36 bits per heavy atom. The number of amides is 3. The van der Waals surface area contributed by atoms with Crippen molar-refractivity contribution in [3.05, 3.63) is 0 Å². The van der Waals surface area contributed by atoms with Gasteiger partial charge in [-0.25, -0.2) is 4.79 Å². The molecule has 47 heavy (non-hydrogen) atoms. The highest BCUT2D eigenvalue weighted by Crippen LogP contribution is 2.21. The molecule has 0 spiro atoms. The van der Waals surface area contributed by atoms with E-state index in [1.807, 2.05) is 76.2 Å². The Hall–Kier alpha value is -2.55. The molecule has 0 rings (SSSR count). The van der Waals surface area contributed by atoms with Crippen molar-refractivity contribution < 1.29 is 42.0 Å². The van der Waals surface area contributed by atoms with Gasteiger partial charge in [-0.2, -0.15) is 0 Å². The van der Waals surface area contributed by atoms with Gasteiger partial charge in [0.2, 0.25) is 11.8 Å². The first kappa shape index (κ1) is 48.8. The summed E-state index contributed by atoms with van der Waals surface area (Å²) in [6.45, 7) is 27.3. The molecule has 0 bridgehead atoms. The highest BCUT2D eigenvalue weighted by molar-refractivity contribution is 6.60. The summed E-state index contributed by atoms with van der Waals surface area (Å²) < 4.78 is 22.4. The van der Waals surface area contributed by atoms with Crippen LogP contribution in [0.2, 0.25) is 6.04 Å². The summed E-state index contributed by atoms with van der Waals surface area (Å²) in [5, 5.41) is 11.7. The number of esters is 1. The summed E-state index contributed by atoms with van der Waals surface area (Å²) in [6.07, 6.45) is 3.44. The highest BCUT2D eigenvalue weighted by Gasteiger charge is 2.39. The summed E-state index contributed by atoms with van der Waals surface area (Å²) in [5.41, 5.74) is 0.231. The van der Waals surface area contributed by atoms with Crippen LogP contribution in [0.4, 0.5) is 4.79 Å². The minimum atomic E-state index is -2.55. The first-order valence-electron chi connectivity index (χ1n) is 17.2. The number of carbonyl (C=O) groups is 4. The van der Waals surface area contributed by atoms with Crippen molar-refractivity contribution in [2.75, 3.05) is 39.5 Å². The molecule has 0 heterocycles. The van der Waals surface area contributed by atoms with E-state index in [-0.39, 0.29) is 36.9 Å². The molecule has 14 heteroatoms. The van der Waals surface area contributed by atoms with Crippen LogP contribution in [0.1, 0.15) is 122 Å². The Morgan fingerprint density at radius 1 is 0.809 bits per heavy atom. The van der Waals surface area contributed by atoms with E-state index in [2.05, 4.69) is 25.9 Å². The summed E-state index contributed by atoms with van der Waals surface area (Å²) in [7, 11) is -2.55. The molecule has 3 N–H and O–H groups in total. The largest absolute Gasteiger partial charge is 0.500 e. The first-order chi connectivity index (χ1) is 22.0. The second-order valence-corrected chi connectivity index (χ2v) is 14.3. The second-order valence-electron chi connectivity index (χ2n) is 11.6. The minimum absolute atomic E-state index is 0.0550. The number of hydrogen-bond acceptors (Lipinski definition) is 10. The number of hydrogen-bond donors (Lipinski definition) is 3. The van der Waals surface area contributed by atoms with Crippen molar-refractivity contribution in [1.29, 1.82) is 0 Å². The van der Waals surface area contributed by atoms with E-state index in [9.17, 15) is 19.2 Å². The van der Waals surface area contributed by atoms with Gasteiger partial charge in [0.15, 0.2) is 0 Å². The van der Waals surface area contributed by atoms with Gasteiger partial charge < -0.3 is 34.0 Å². The molecule has 0 aliphatic rings. The van der Waals surface area contributed by atoms with Crippen LogP contribution < -0.4 is 16.0 Å². The van der Waals surface area contributed by atoms with Crippen LogP contribution in [0.5, 0.6) is 0 Å². The zero-order valence-corrected chi connectivity index (χ0v) is 32.8. The van der Waals surface area contributed by atoms with Gasteiger partial charge in [-0.15, -0.1) is 0 Å². The van der Waals surface area contributed by atoms with Crippen LogP contribution >= 0.6 is 0 Å². The number of nitrogens with zero attached hydrogens (tertiary/aromatic N) is 1. The predicted molar refractivity (Wildman–Crippen MR) is 189 cm³/mol. The van der Waals surface area contributed by atoms with E-state index in [1.165, 1.54) is 6.92 Å². The van der Waals surface area contributed by atoms with Gasteiger partial charge in [0, 0.05) is 51.3 Å². The van der Waals surface area contributed by atoms with Crippen molar-refractivity contribution in [1.82, 2.24) is 16.0 Å². The summed E-state index contributed by atoms with van der Waals surface area (Å²) in [6, 6.07) is 1.07. The quantitative estimate of drug-likeness (QED) is 0.0328.